The molecule has 13 heavy (non-hydrogen) atoms. The van der Waals surface area contributed by atoms with Gasteiger partial charge in [0, 0.05) is 4.75 Å². The molecular weight excluding hydrogens is 176 g/mol. The molecule has 0 spiro atoms. The van der Waals surface area contributed by atoms with Gasteiger partial charge in [-0.3, -0.25) is 0 Å². The molecule has 0 aliphatic heterocycles. The minimum atomic E-state index is 0.282. The lowest BCUT2D eigenvalue weighted by molar-refractivity contribution is 0.511. The second kappa shape index (κ2) is 7.73. The zero-order chi connectivity index (χ0) is 10.2. The Kier molecular flexibility index (Phi) is 7.93. The molecule has 0 bridgehead atoms. The van der Waals surface area contributed by atoms with E-state index in [1.807, 2.05) is 0 Å². The molecule has 0 unspecified atom stereocenters. The maximum atomic E-state index is 4.63. The van der Waals surface area contributed by atoms with Crippen molar-refractivity contribution in [1.82, 2.24) is 0 Å². The van der Waals surface area contributed by atoms with E-state index in [1.165, 1.54) is 51.4 Å². The van der Waals surface area contributed by atoms with Crippen LogP contribution in [0.15, 0.2) is 0 Å². The number of thiol groups is 1. The quantitative estimate of drug-likeness (QED) is 0.423. The highest BCUT2D eigenvalue weighted by atomic mass is 32.1. The van der Waals surface area contributed by atoms with Crippen LogP contribution in [0.2, 0.25) is 0 Å². The van der Waals surface area contributed by atoms with Crippen molar-refractivity contribution in [3.8, 4) is 0 Å². The molecule has 0 aromatic heterocycles. The van der Waals surface area contributed by atoms with Crippen LogP contribution in [0.25, 0.3) is 0 Å². The highest BCUT2D eigenvalue weighted by molar-refractivity contribution is 7.81. The van der Waals surface area contributed by atoms with Gasteiger partial charge < -0.3 is 0 Å². The van der Waals surface area contributed by atoms with Crippen molar-refractivity contribution >= 4 is 12.6 Å². The van der Waals surface area contributed by atoms with Crippen LogP contribution < -0.4 is 0 Å². The Bertz CT molecular complexity index is 108. The third-order valence-electron chi connectivity index (χ3n) is 2.83. The van der Waals surface area contributed by atoms with Crippen molar-refractivity contribution in [3.05, 3.63) is 0 Å². The van der Waals surface area contributed by atoms with Gasteiger partial charge in [-0.25, -0.2) is 0 Å². The third kappa shape index (κ3) is 8.67. The summed E-state index contributed by atoms with van der Waals surface area (Å²) >= 11 is 4.63. The van der Waals surface area contributed by atoms with E-state index in [0.717, 1.165) is 0 Å². The van der Waals surface area contributed by atoms with E-state index in [2.05, 4.69) is 33.4 Å². The van der Waals surface area contributed by atoms with Crippen LogP contribution in [-0.4, -0.2) is 4.75 Å². The Morgan fingerprint density at radius 3 is 2.00 bits per heavy atom. The summed E-state index contributed by atoms with van der Waals surface area (Å²) in [6.45, 7) is 6.74. The van der Waals surface area contributed by atoms with E-state index < -0.39 is 0 Å². The molecule has 0 aliphatic rings. The molecule has 1 heteroatoms. The van der Waals surface area contributed by atoms with Crippen molar-refractivity contribution in [2.75, 3.05) is 0 Å². The van der Waals surface area contributed by atoms with Gasteiger partial charge in [0.15, 0.2) is 0 Å². The first-order valence-electron chi connectivity index (χ1n) is 5.84. The fourth-order valence-electron chi connectivity index (χ4n) is 1.46. The summed E-state index contributed by atoms with van der Waals surface area (Å²) in [7, 11) is 0. The molecule has 0 amide bonds. The molecule has 0 heterocycles. The number of hydrogen-bond donors (Lipinski definition) is 1. The Balaban J connectivity index is 3.16. The summed E-state index contributed by atoms with van der Waals surface area (Å²) in [5.41, 5.74) is 0. The van der Waals surface area contributed by atoms with Crippen LogP contribution in [0.4, 0.5) is 0 Å². The first-order valence-corrected chi connectivity index (χ1v) is 6.29. The fourth-order valence-corrected chi connectivity index (χ4v) is 1.62. The van der Waals surface area contributed by atoms with Crippen LogP contribution >= 0.6 is 12.6 Å². The molecule has 0 aromatic carbocycles. The van der Waals surface area contributed by atoms with Gasteiger partial charge in [-0.05, 0) is 12.8 Å². The van der Waals surface area contributed by atoms with Crippen LogP contribution in [0.5, 0.6) is 0 Å². The topological polar surface area (TPSA) is 0 Å². The van der Waals surface area contributed by atoms with E-state index in [-0.39, 0.29) is 4.75 Å². The second-order valence-corrected chi connectivity index (χ2v) is 5.45. The van der Waals surface area contributed by atoms with Crippen molar-refractivity contribution in [2.24, 2.45) is 0 Å². The summed E-state index contributed by atoms with van der Waals surface area (Å²) in [6.07, 6.45) is 10.8. The van der Waals surface area contributed by atoms with Gasteiger partial charge in [-0.1, -0.05) is 59.3 Å². The summed E-state index contributed by atoms with van der Waals surface area (Å²) in [4.78, 5) is 0. The Morgan fingerprint density at radius 2 is 1.46 bits per heavy atom. The lowest BCUT2D eigenvalue weighted by Gasteiger charge is -2.20. The third-order valence-corrected chi connectivity index (χ3v) is 3.37. The zero-order valence-electron chi connectivity index (χ0n) is 9.60. The van der Waals surface area contributed by atoms with Crippen LogP contribution in [0, 0.1) is 0 Å². The van der Waals surface area contributed by atoms with Crippen molar-refractivity contribution < 1.29 is 0 Å². The average molecular weight is 202 g/mol. The molecule has 0 aromatic rings. The van der Waals surface area contributed by atoms with E-state index in [0.29, 0.717) is 0 Å². The normalized spacial score (nSPS) is 15.7. The molecule has 80 valence electrons. The van der Waals surface area contributed by atoms with E-state index in [1.54, 1.807) is 0 Å². The predicted molar refractivity (Wildman–Crippen MR) is 65.7 cm³/mol. The summed E-state index contributed by atoms with van der Waals surface area (Å²) in [6, 6.07) is 0. The predicted octanol–water partition coefficient (Wildman–Crippen LogP) is 4.84. The average Bonchev–Trinajstić information content (AvgIpc) is 2.11. The lowest BCUT2D eigenvalue weighted by atomic mass is 9.99. The first-order chi connectivity index (χ1) is 6.12. The summed E-state index contributed by atoms with van der Waals surface area (Å²) in [5.74, 6) is 0. The zero-order valence-corrected chi connectivity index (χ0v) is 10.5. The lowest BCUT2D eigenvalue weighted by Crippen LogP contribution is -2.14. The monoisotopic (exact) mass is 202 g/mol. The molecule has 0 N–H and O–H groups in total. The van der Waals surface area contributed by atoms with Crippen molar-refractivity contribution in [2.45, 2.75) is 76.9 Å². The Labute approximate surface area is 89.9 Å². The molecule has 0 aliphatic carbocycles. The van der Waals surface area contributed by atoms with Crippen LogP contribution in [0.3, 0.4) is 0 Å². The minimum Gasteiger partial charge on any atom is -0.173 e. The van der Waals surface area contributed by atoms with Gasteiger partial charge in [-0.15, -0.1) is 0 Å². The van der Waals surface area contributed by atoms with Gasteiger partial charge in [-0.2, -0.15) is 12.6 Å². The molecular formula is C12H26S. The largest absolute Gasteiger partial charge is 0.173 e. The van der Waals surface area contributed by atoms with Crippen LogP contribution in [-0.2, 0) is 0 Å². The number of rotatable bonds is 8. The molecule has 0 radical (unpaired) electrons. The first kappa shape index (κ1) is 13.4. The molecule has 0 fully saturated rings. The van der Waals surface area contributed by atoms with Gasteiger partial charge in [0.05, 0.1) is 0 Å². The number of hydrogen-bond acceptors (Lipinski definition) is 1. The number of unbranched alkanes of at least 4 members (excludes halogenated alkanes) is 5. The minimum absolute atomic E-state index is 0.282. The molecule has 0 saturated carbocycles. The summed E-state index contributed by atoms with van der Waals surface area (Å²) < 4.78 is 0.282. The van der Waals surface area contributed by atoms with E-state index >= 15 is 0 Å². The van der Waals surface area contributed by atoms with Gasteiger partial charge >= 0.3 is 0 Å². The maximum absolute atomic E-state index is 4.63. The SMILES string of the molecule is CCCCCCCC[C@](C)(S)CC. The maximum Gasteiger partial charge on any atom is 0.00987 e. The molecule has 1 atom stereocenters. The van der Waals surface area contributed by atoms with Crippen molar-refractivity contribution in [3.63, 3.8) is 0 Å². The molecule has 0 saturated heterocycles. The highest BCUT2D eigenvalue weighted by Gasteiger charge is 2.14. The summed E-state index contributed by atoms with van der Waals surface area (Å²) in [5, 5.41) is 0. The smallest absolute Gasteiger partial charge is 0.00987 e. The van der Waals surface area contributed by atoms with Gasteiger partial charge in [0.1, 0.15) is 0 Å². The fraction of sp³-hybridized carbons (Fsp3) is 1.00. The van der Waals surface area contributed by atoms with Gasteiger partial charge in [0.25, 0.3) is 0 Å². The van der Waals surface area contributed by atoms with Crippen LogP contribution in [0.1, 0.15) is 72.1 Å². The second-order valence-electron chi connectivity index (χ2n) is 4.37. The Morgan fingerprint density at radius 1 is 0.923 bits per heavy atom. The van der Waals surface area contributed by atoms with Crippen molar-refractivity contribution in [1.29, 1.82) is 0 Å². The highest BCUT2D eigenvalue weighted by Crippen LogP contribution is 2.25. The molecule has 0 rings (SSSR count). The van der Waals surface area contributed by atoms with Gasteiger partial charge in [0.2, 0.25) is 0 Å². The van der Waals surface area contributed by atoms with E-state index in [4.69, 9.17) is 0 Å². The molecule has 0 nitrogen and oxygen atoms in total. The van der Waals surface area contributed by atoms with E-state index in [9.17, 15) is 0 Å². The standard InChI is InChI=1S/C12H26S/c1-4-6-7-8-9-10-11-12(3,13)5-2/h13H,4-11H2,1-3H3/t12-/m1/s1. The Hall–Kier alpha value is 0.350.